The first-order chi connectivity index (χ1) is 9.93. The van der Waals surface area contributed by atoms with Gasteiger partial charge in [0, 0.05) is 18.1 Å². The van der Waals surface area contributed by atoms with Crippen molar-refractivity contribution in [2.45, 2.75) is 50.4 Å². The van der Waals surface area contributed by atoms with E-state index in [2.05, 4.69) is 20.8 Å². The number of tetrazole rings is 1. The monoisotopic (exact) mass is 314 g/mol. The van der Waals surface area contributed by atoms with Gasteiger partial charge in [-0.15, -0.1) is 5.10 Å². The number of piperidine rings is 1. The van der Waals surface area contributed by atoms with Crippen LogP contribution in [0, 0.1) is 0 Å². The zero-order chi connectivity index (χ0) is 15.0. The number of carbonyl (C=O) groups excluding carboxylic acids is 1. The average molecular weight is 314 g/mol. The summed E-state index contributed by atoms with van der Waals surface area (Å²) in [6.45, 7) is 0.0780. The van der Waals surface area contributed by atoms with Gasteiger partial charge in [0.15, 0.2) is 0 Å². The van der Waals surface area contributed by atoms with Crippen LogP contribution in [-0.4, -0.2) is 63.2 Å². The summed E-state index contributed by atoms with van der Waals surface area (Å²) in [6.07, 6.45) is 5.73. The number of amides is 1. The fourth-order valence-electron chi connectivity index (χ4n) is 3.47. The van der Waals surface area contributed by atoms with E-state index in [9.17, 15) is 13.2 Å². The van der Waals surface area contributed by atoms with Gasteiger partial charge in [0.2, 0.25) is 15.9 Å². The van der Waals surface area contributed by atoms with E-state index in [1.165, 1.54) is 17.3 Å². The maximum absolute atomic E-state index is 11.9. The van der Waals surface area contributed by atoms with Crippen LogP contribution < -0.4 is 5.32 Å². The quantitative estimate of drug-likeness (QED) is 0.743. The minimum absolute atomic E-state index is 0.0112. The molecule has 1 aromatic rings. The Balaban J connectivity index is 1.59. The molecule has 0 spiro atoms. The Kier molecular flexibility index (Phi) is 3.66. The Labute approximate surface area is 122 Å². The third-order valence-electron chi connectivity index (χ3n) is 4.11. The third kappa shape index (κ3) is 3.05. The molecule has 2 bridgehead atoms. The van der Waals surface area contributed by atoms with Crippen LogP contribution in [0.25, 0.3) is 0 Å². The molecule has 1 amide bonds. The highest BCUT2D eigenvalue weighted by Crippen LogP contribution is 2.37. The molecule has 2 aliphatic heterocycles. The molecule has 10 heteroatoms. The Bertz CT molecular complexity index is 602. The minimum Gasteiger partial charge on any atom is -0.352 e. The molecule has 3 heterocycles. The lowest BCUT2D eigenvalue weighted by Crippen LogP contribution is -2.52. The van der Waals surface area contributed by atoms with Crippen LogP contribution in [0.3, 0.4) is 0 Å². The molecule has 9 nitrogen and oxygen atoms in total. The maximum Gasteiger partial charge on any atom is 0.242 e. The summed E-state index contributed by atoms with van der Waals surface area (Å²) in [5.41, 5.74) is 0. The number of sulfonamides is 1. The van der Waals surface area contributed by atoms with Crippen molar-refractivity contribution in [3.05, 3.63) is 6.33 Å². The standard InChI is InChI=1S/C11H18N6O3S/c1-21(19,20)17-9-2-3-10(17)5-8(4-9)13-11(18)6-16-7-12-14-15-16/h7-10H,2-6H2,1H3,(H,13,18). The lowest BCUT2D eigenvalue weighted by atomic mass is 10.00. The van der Waals surface area contributed by atoms with Crippen molar-refractivity contribution in [2.24, 2.45) is 0 Å². The zero-order valence-corrected chi connectivity index (χ0v) is 12.5. The van der Waals surface area contributed by atoms with Gasteiger partial charge in [-0.25, -0.2) is 13.1 Å². The van der Waals surface area contributed by atoms with Crippen LogP contribution >= 0.6 is 0 Å². The van der Waals surface area contributed by atoms with Crippen molar-refractivity contribution in [3.8, 4) is 0 Å². The van der Waals surface area contributed by atoms with Gasteiger partial charge in [0.05, 0.1) is 6.26 Å². The average Bonchev–Trinajstić information content (AvgIpc) is 2.95. The lowest BCUT2D eigenvalue weighted by molar-refractivity contribution is -0.122. The van der Waals surface area contributed by atoms with E-state index in [1.54, 1.807) is 4.31 Å². The summed E-state index contributed by atoms with van der Waals surface area (Å²) in [5.74, 6) is -0.153. The van der Waals surface area contributed by atoms with Crippen molar-refractivity contribution in [2.75, 3.05) is 6.26 Å². The Morgan fingerprint density at radius 3 is 2.52 bits per heavy atom. The second kappa shape index (κ2) is 5.34. The van der Waals surface area contributed by atoms with Crippen molar-refractivity contribution < 1.29 is 13.2 Å². The Hall–Kier alpha value is -1.55. The summed E-state index contributed by atoms with van der Waals surface area (Å²) < 4.78 is 26.6. The van der Waals surface area contributed by atoms with Crippen molar-refractivity contribution in [3.63, 3.8) is 0 Å². The maximum atomic E-state index is 11.9. The summed E-state index contributed by atoms with van der Waals surface area (Å²) in [4.78, 5) is 11.9. The molecule has 116 valence electrons. The first-order valence-electron chi connectivity index (χ1n) is 6.92. The largest absolute Gasteiger partial charge is 0.352 e. The van der Waals surface area contributed by atoms with Gasteiger partial charge in [-0.2, -0.15) is 4.31 Å². The SMILES string of the molecule is CS(=O)(=O)N1C2CCC1CC(NC(=O)Cn1cnnn1)C2. The fraction of sp³-hybridized carbons (Fsp3) is 0.818. The molecule has 0 aliphatic carbocycles. The predicted octanol–water partition coefficient (Wildman–Crippen LogP) is -1.26. The molecule has 2 aliphatic rings. The Morgan fingerprint density at radius 1 is 1.33 bits per heavy atom. The van der Waals surface area contributed by atoms with E-state index >= 15 is 0 Å². The van der Waals surface area contributed by atoms with Gasteiger partial charge < -0.3 is 5.32 Å². The van der Waals surface area contributed by atoms with Crippen LogP contribution in [0.1, 0.15) is 25.7 Å². The third-order valence-corrected chi connectivity index (χ3v) is 5.47. The topological polar surface area (TPSA) is 110 Å². The number of nitrogens with zero attached hydrogens (tertiary/aromatic N) is 5. The summed E-state index contributed by atoms with van der Waals surface area (Å²) in [7, 11) is -3.16. The minimum atomic E-state index is -3.16. The van der Waals surface area contributed by atoms with Gasteiger partial charge in [-0.05, 0) is 36.1 Å². The number of hydrogen-bond acceptors (Lipinski definition) is 6. The molecule has 0 aromatic carbocycles. The van der Waals surface area contributed by atoms with Crippen molar-refractivity contribution in [1.29, 1.82) is 0 Å². The molecular formula is C11H18N6O3S. The smallest absolute Gasteiger partial charge is 0.242 e. The number of carbonyl (C=O) groups is 1. The van der Waals surface area contributed by atoms with Gasteiger partial charge in [-0.1, -0.05) is 0 Å². The van der Waals surface area contributed by atoms with E-state index in [0.717, 1.165) is 12.8 Å². The highest BCUT2D eigenvalue weighted by atomic mass is 32.2. The summed E-state index contributed by atoms with van der Waals surface area (Å²) >= 11 is 0. The van der Waals surface area contributed by atoms with Gasteiger partial charge in [0.1, 0.15) is 12.9 Å². The van der Waals surface area contributed by atoms with Crippen LogP contribution in [0.5, 0.6) is 0 Å². The Morgan fingerprint density at radius 2 is 2.00 bits per heavy atom. The summed E-state index contributed by atoms with van der Waals surface area (Å²) in [6, 6.07) is 0.0404. The van der Waals surface area contributed by atoms with Crippen LogP contribution in [0.2, 0.25) is 0 Å². The molecule has 21 heavy (non-hydrogen) atoms. The number of rotatable bonds is 4. The molecular weight excluding hydrogens is 296 g/mol. The number of aromatic nitrogens is 4. The molecule has 2 unspecified atom stereocenters. The molecule has 2 saturated heterocycles. The highest BCUT2D eigenvalue weighted by molar-refractivity contribution is 7.88. The molecule has 2 atom stereocenters. The highest BCUT2D eigenvalue weighted by Gasteiger charge is 2.45. The lowest BCUT2D eigenvalue weighted by Gasteiger charge is -2.37. The van der Waals surface area contributed by atoms with E-state index in [0.29, 0.717) is 12.8 Å². The van der Waals surface area contributed by atoms with E-state index in [-0.39, 0.29) is 30.6 Å². The predicted molar refractivity (Wildman–Crippen MR) is 72.5 cm³/mol. The number of hydrogen-bond donors (Lipinski definition) is 1. The normalized spacial score (nSPS) is 29.5. The molecule has 1 aromatic heterocycles. The molecule has 1 N–H and O–H groups in total. The van der Waals surface area contributed by atoms with Gasteiger partial charge in [0.25, 0.3) is 0 Å². The molecule has 0 radical (unpaired) electrons. The summed E-state index contributed by atoms with van der Waals surface area (Å²) in [5, 5.41) is 13.5. The number of nitrogens with one attached hydrogen (secondary N) is 1. The van der Waals surface area contributed by atoms with Gasteiger partial charge >= 0.3 is 0 Å². The van der Waals surface area contributed by atoms with E-state index in [1.807, 2.05) is 0 Å². The van der Waals surface area contributed by atoms with Crippen molar-refractivity contribution in [1.82, 2.24) is 29.8 Å². The van der Waals surface area contributed by atoms with Gasteiger partial charge in [-0.3, -0.25) is 4.79 Å². The number of fused-ring (bicyclic) bond motifs is 2. The van der Waals surface area contributed by atoms with Crippen LogP contribution in [0.4, 0.5) is 0 Å². The fourth-order valence-corrected chi connectivity index (χ4v) is 4.93. The van der Waals surface area contributed by atoms with Crippen molar-refractivity contribution >= 4 is 15.9 Å². The second-order valence-corrected chi connectivity index (χ2v) is 7.61. The molecule has 2 fully saturated rings. The first-order valence-corrected chi connectivity index (χ1v) is 8.77. The van der Waals surface area contributed by atoms with E-state index in [4.69, 9.17) is 0 Å². The molecule has 3 rings (SSSR count). The first kappa shape index (κ1) is 14.4. The molecule has 0 saturated carbocycles. The zero-order valence-electron chi connectivity index (χ0n) is 11.7. The van der Waals surface area contributed by atoms with E-state index < -0.39 is 10.0 Å². The van der Waals surface area contributed by atoms with Crippen LogP contribution in [-0.2, 0) is 21.4 Å². The van der Waals surface area contributed by atoms with Crippen LogP contribution in [0.15, 0.2) is 6.33 Å². The second-order valence-electron chi connectivity index (χ2n) is 5.72.